The zero-order valence-electron chi connectivity index (χ0n) is 15.7. The van der Waals surface area contributed by atoms with Gasteiger partial charge in [-0.05, 0) is 32.8 Å². The van der Waals surface area contributed by atoms with Crippen LogP contribution in [-0.2, 0) is 12.0 Å². The van der Waals surface area contributed by atoms with Gasteiger partial charge in [0.1, 0.15) is 0 Å². The monoisotopic (exact) mass is 306 g/mol. The van der Waals surface area contributed by atoms with E-state index in [9.17, 15) is 0 Å². The maximum Gasteiger partial charge on any atom is 0.0596 e. The summed E-state index contributed by atoms with van der Waals surface area (Å²) in [5.74, 6) is 0. The molecule has 0 bridgehead atoms. The fraction of sp³-hybridized carbons (Fsp3) is 0.850. The highest BCUT2D eigenvalue weighted by Crippen LogP contribution is 2.35. The molecule has 1 aromatic rings. The van der Waals surface area contributed by atoms with Crippen LogP contribution in [0.15, 0.2) is 6.07 Å². The summed E-state index contributed by atoms with van der Waals surface area (Å²) >= 11 is 0. The summed E-state index contributed by atoms with van der Waals surface area (Å²) in [7, 11) is 0. The standard InChI is InChI=1S/C20H38N2/c1-6-9-11-12-14-16-20(5,15-13-10-7-2)19-17-18(4)21-22(19)8-3/h17H,6-16H2,1-5H3. The van der Waals surface area contributed by atoms with Gasteiger partial charge in [-0.25, -0.2) is 0 Å². The summed E-state index contributed by atoms with van der Waals surface area (Å²) < 4.78 is 2.24. The van der Waals surface area contributed by atoms with Crippen LogP contribution in [0, 0.1) is 6.92 Å². The first-order valence-electron chi connectivity index (χ1n) is 9.62. The Morgan fingerprint density at radius 3 is 2.05 bits per heavy atom. The molecule has 0 amide bonds. The van der Waals surface area contributed by atoms with Crippen LogP contribution in [0.2, 0.25) is 0 Å². The number of unbranched alkanes of at least 4 members (excludes halogenated alkanes) is 6. The van der Waals surface area contributed by atoms with Crippen molar-refractivity contribution < 1.29 is 0 Å². The Labute approximate surface area is 138 Å². The van der Waals surface area contributed by atoms with Gasteiger partial charge >= 0.3 is 0 Å². The van der Waals surface area contributed by atoms with E-state index < -0.39 is 0 Å². The Kier molecular flexibility index (Phi) is 8.82. The molecule has 1 unspecified atom stereocenters. The second-order valence-electron chi connectivity index (χ2n) is 7.17. The van der Waals surface area contributed by atoms with Crippen molar-refractivity contribution >= 4 is 0 Å². The highest BCUT2D eigenvalue weighted by Gasteiger charge is 2.29. The Morgan fingerprint density at radius 2 is 1.45 bits per heavy atom. The van der Waals surface area contributed by atoms with Crippen molar-refractivity contribution in [1.82, 2.24) is 9.78 Å². The molecule has 0 fully saturated rings. The van der Waals surface area contributed by atoms with Crippen LogP contribution >= 0.6 is 0 Å². The van der Waals surface area contributed by atoms with E-state index in [0.29, 0.717) is 5.41 Å². The molecule has 0 saturated heterocycles. The molecule has 22 heavy (non-hydrogen) atoms. The van der Waals surface area contributed by atoms with Crippen LogP contribution in [0.5, 0.6) is 0 Å². The predicted molar refractivity (Wildman–Crippen MR) is 97.5 cm³/mol. The normalized spacial score (nSPS) is 14.2. The van der Waals surface area contributed by atoms with E-state index in [0.717, 1.165) is 6.54 Å². The molecule has 0 aliphatic rings. The third kappa shape index (κ3) is 5.78. The van der Waals surface area contributed by atoms with Crippen LogP contribution in [0.1, 0.15) is 103 Å². The van der Waals surface area contributed by atoms with E-state index in [1.165, 1.54) is 75.6 Å². The van der Waals surface area contributed by atoms with Gasteiger partial charge in [0, 0.05) is 17.7 Å². The number of hydrogen-bond acceptors (Lipinski definition) is 1. The minimum atomic E-state index is 0.304. The molecule has 1 aromatic heterocycles. The smallest absolute Gasteiger partial charge is 0.0596 e. The van der Waals surface area contributed by atoms with Crippen molar-refractivity contribution in [2.45, 2.75) is 111 Å². The van der Waals surface area contributed by atoms with E-state index in [1.807, 2.05) is 0 Å². The molecule has 2 nitrogen and oxygen atoms in total. The number of hydrogen-bond donors (Lipinski definition) is 0. The molecule has 0 aliphatic heterocycles. The second kappa shape index (κ2) is 10.1. The van der Waals surface area contributed by atoms with Gasteiger partial charge in [0.2, 0.25) is 0 Å². The zero-order chi connectivity index (χ0) is 16.4. The lowest BCUT2D eigenvalue weighted by Crippen LogP contribution is -2.26. The molecular formula is C20H38N2. The highest BCUT2D eigenvalue weighted by atomic mass is 15.3. The molecule has 0 aromatic carbocycles. The minimum Gasteiger partial charge on any atom is -0.269 e. The molecule has 1 heterocycles. The van der Waals surface area contributed by atoms with Crippen LogP contribution in [0.25, 0.3) is 0 Å². The first-order chi connectivity index (χ1) is 10.6. The third-order valence-corrected chi connectivity index (χ3v) is 4.98. The summed E-state index contributed by atoms with van der Waals surface area (Å²) in [6.07, 6.45) is 13.5. The fourth-order valence-electron chi connectivity index (χ4n) is 3.54. The molecule has 128 valence electrons. The van der Waals surface area contributed by atoms with Crippen molar-refractivity contribution in [3.05, 3.63) is 17.5 Å². The number of rotatable bonds is 12. The summed E-state index contributed by atoms with van der Waals surface area (Å²) in [6.45, 7) is 12.4. The van der Waals surface area contributed by atoms with Crippen molar-refractivity contribution in [2.24, 2.45) is 0 Å². The summed E-state index contributed by atoms with van der Waals surface area (Å²) in [5, 5.41) is 4.70. The Hall–Kier alpha value is -0.790. The van der Waals surface area contributed by atoms with E-state index in [2.05, 4.69) is 45.4 Å². The molecule has 0 spiro atoms. The molecule has 0 N–H and O–H groups in total. The fourth-order valence-corrected chi connectivity index (χ4v) is 3.54. The largest absolute Gasteiger partial charge is 0.269 e. The van der Waals surface area contributed by atoms with Gasteiger partial charge in [-0.2, -0.15) is 5.10 Å². The van der Waals surface area contributed by atoms with Crippen molar-refractivity contribution in [3.8, 4) is 0 Å². The van der Waals surface area contributed by atoms with Gasteiger partial charge in [0.25, 0.3) is 0 Å². The lowest BCUT2D eigenvalue weighted by atomic mass is 9.76. The van der Waals surface area contributed by atoms with E-state index in [1.54, 1.807) is 0 Å². The van der Waals surface area contributed by atoms with Gasteiger partial charge in [0.05, 0.1) is 5.69 Å². The van der Waals surface area contributed by atoms with Crippen molar-refractivity contribution in [2.75, 3.05) is 0 Å². The van der Waals surface area contributed by atoms with Crippen LogP contribution < -0.4 is 0 Å². The second-order valence-corrected chi connectivity index (χ2v) is 7.17. The van der Waals surface area contributed by atoms with Crippen molar-refractivity contribution in [3.63, 3.8) is 0 Å². The summed E-state index contributed by atoms with van der Waals surface area (Å²) in [6, 6.07) is 2.33. The Morgan fingerprint density at radius 1 is 0.909 bits per heavy atom. The summed E-state index contributed by atoms with van der Waals surface area (Å²) in [4.78, 5) is 0. The topological polar surface area (TPSA) is 17.8 Å². The molecule has 1 atom stereocenters. The van der Waals surface area contributed by atoms with Crippen LogP contribution in [0.3, 0.4) is 0 Å². The van der Waals surface area contributed by atoms with Crippen molar-refractivity contribution in [1.29, 1.82) is 0 Å². The number of nitrogens with zero attached hydrogens (tertiary/aromatic N) is 2. The van der Waals surface area contributed by atoms with Gasteiger partial charge in [0.15, 0.2) is 0 Å². The van der Waals surface area contributed by atoms with Gasteiger partial charge in [-0.15, -0.1) is 0 Å². The summed E-state index contributed by atoms with van der Waals surface area (Å²) in [5.41, 5.74) is 2.95. The minimum absolute atomic E-state index is 0.304. The molecule has 0 radical (unpaired) electrons. The lowest BCUT2D eigenvalue weighted by molar-refractivity contribution is 0.338. The van der Waals surface area contributed by atoms with Gasteiger partial charge in [-0.1, -0.05) is 72.1 Å². The maximum absolute atomic E-state index is 4.70. The van der Waals surface area contributed by atoms with E-state index in [-0.39, 0.29) is 0 Å². The SMILES string of the molecule is CCCCCCCC(C)(CCCCC)c1cc(C)nn1CC. The third-order valence-electron chi connectivity index (χ3n) is 4.98. The Balaban J connectivity index is 2.76. The maximum atomic E-state index is 4.70. The number of aryl methyl sites for hydroxylation is 2. The predicted octanol–water partition coefficient (Wildman–Crippen LogP) is 6.41. The average Bonchev–Trinajstić information content (AvgIpc) is 2.89. The Bertz CT molecular complexity index is 408. The van der Waals surface area contributed by atoms with E-state index in [4.69, 9.17) is 5.10 Å². The van der Waals surface area contributed by atoms with Gasteiger partial charge in [-0.3, -0.25) is 4.68 Å². The first kappa shape index (κ1) is 19.3. The quantitative estimate of drug-likeness (QED) is 0.408. The molecule has 1 rings (SSSR count). The van der Waals surface area contributed by atoms with Crippen LogP contribution in [0.4, 0.5) is 0 Å². The molecule has 2 heteroatoms. The highest BCUT2D eigenvalue weighted by molar-refractivity contribution is 5.19. The lowest BCUT2D eigenvalue weighted by Gasteiger charge is -2.30. The first-order valence-corrected chi connectivity index (χ1v) is 9.62. The molecule has 0 saturated carbocycles. The molecular weight excluding hydrogens is 268 g/mol. The van der Waals surface area contributed by atoms with Gasteiger partial charge < -0.3 is 0 Å². The average molecular weight is 307 g/mol. The zero-order valence-corrected chi connectivity index (χ0v) is 15.7. The van der Waals surface area contributed by atoms with E-state index >= 15 is 0 Å². The van der Waals surface area contributed by atoms with Crippen LogP contribution in [-0.4, -0.2) is 9.78 Å². The number of aromatic nitrogens is 2. The molecule has 0 aliphatic carbocycles.